The fraction of sp³-hybridized carbons (Fsp3) is 0.407. The minimum Gasteiger partial charge on any atom is -0.477 e. The topological polar surface area (TPSA) is 102 Å². The molecule has 0 bridgehead atoms. The third-order valence-electron chi connectivity index (χ3n) is 7.03. The molecule has 9 heteroatoms. The minimum atomic E-state index is -1.24. The van der Waals surface area contributed by atoms with Crippen molar-refractivity contribution in [3.05, 3.63) is 62.4 Å². The standard InChI is InChI=1S/C27H29N3O5S/c1-15(2)23-9-17-8-21(26-28-12-18(36-26)13-29-4-6-35-7-5-29)19(16(3)31)10-20(17)24-11-25(32)22(27(33)34)14-30(23)24/h8,10-12,14-15,23H,4-7,9,13H2,1-3H3,(H,33,34). The Morgan fingerprint density at radius 1 is 1.17 bits per heavy atom. The predicted octanol–water partition coefficient (Wildman–Crippen LogP) is 4.13. The van der Waals surface area contributed by atoms with E-state index in [0.29, 0.717) is 17.7 Å². The maximum Gasteiger partial charge on any atom is 0.341 e. The van der Waals surface area contributed by atoms with E-state index in [2.05, 4.69) is 23.7 Å². The maximum atomic E-state index is 12.8. The number of rotatable bonds is 6. The Morgan fingerprint density at radius 2 is 1.92 bits per heavy atom. The van der Waals surface area contributed by atoms with Gasteiger partial charge in [0.05, 0.1) is 18.9 Å². The molecule has 2 aliphatic heterocycles. The van der Waals surface area contributed by atoms with Crippen LogP contribution in [0.25, 0.3) is 21.8 Å². The molecule has 0 amide bonds. The van der Waals surface area contributed by atoms with Crippen LogP contribution in [0.4, 0.5) is 0 Å². The number of thiazole rings is 1. The van der Waals surface area contributed by atoms with Crippen LogP contribution in [-0.2, 0) is 17.7 Å². The lowest BCUT2D eigenvalue weighted by molar-refractivity contribution is 0.0346. The zero-order chi connectivity index (χ0) is 25.6. The second kappa shape index (κ2) is 9.72. The molecule has 0 aliphatic carbocycles. The van der Waals surface area contributed by atoms with Crippen LogP contribution in [0, 0.1) is 5.92 Å². The van der Waals surface area contributed by atoms with Crippen LogP contribution in [0.3, 0.4) is 0 Å². The van der Waals surface area contributed by atoms with Gasteiger partial charge in [-0.1, -0.05) is 13.8 Å². The molecule has 4 heterocycles. The Morgan fingerprint density at radius 3 is 2.58 bits per heavy atom. The van der Waals surface area contributed by atoms with E-state index in [1.54, 1.807) is 11.3 Å². The molecule has 0 spiro atoms. The third kappa shape index (κ3) is 4.54. The number of fused-ring (bicyclic) bond motifs is 3. The maximum absolute atomic E-state index is 12.8. The number of morpholine rings is 1. The molecule has 1 N–H and O–H groups in total. The first-order valence-corrected chi connectivity index (χ1v) is 13.0. The van der Waals surface area contributed by atoms with Crippen molar-refractivity contribution in [1.82, 2.24) is 14.5 Å². The van der Waals surface area contributed by atoms with Gasteiger partial charge in [-0.2, -0.15) is 0 Å². The Bertz CT molecular complexity index is 1400. The summed E-state index contributed by atoms with van der Waals surface area (Å²) in [4.78, 5) is 45.1. The molecule has 5 rings (SSSR count). The lowest BCUT2D eigenvalue weighted by Gasteiger charge is -2.34. The Balaban J connectivity index is 1.60. The van der Waals surface area contributed by atoms with Crippen molar-refractivity contribution in [2.75, 3.05) is 26.3 Å². The summed E-state index contributed by atoms with van der Waals surface area (Å²) in [6.45, 7) is 9.77. The van der Waals surface area contributed by atoms with Crippen LogP contribution >= 0.6 is 11.3 Å². The van der Waals surface area contributed by atoms with Crippen molar-refractivity contribution < 1.29 is 19.4 Å². The molecule has 1 fully saturated rings. The summed E-state index contributed by atoms with van der Waals surface area (Å²) in [5, 5.41) is 10.3. The number of pyridine rings is 1. The summed E-state index contributed by atoms with van der Waals surface area (Å²) < 4.78 is 7.34. The first-order valence-electron chi connectivity index (χ1n) is 12.2. The van der Waals surface area contributed by atoms with Gasteiger partial charge in [-0.25, -0.2) is 9.78 Å². The quantitative estimate of drug-likeness (QED) is 0.501. The van der Waals surface area contributed by atoms with Gasteiger partial charge in [-0.05, 0) is 37.0 Å². The van der Waals surface area contributed by atoms with E-state index < -0.39 is 11.4 Å². The van der Waals surface area contributed by atoms with Crippen LogP contribution in [0.2, 0.25) is 0 Å². The lowest BCUT2D eigenvalue weighted by atomic mass is 9.84. The highest BCUT2D eigenvalue weighted by atomic mass is 32.1. The number of hydrogen-bond donors (Lipinski definition) is 1. The number of carbonyl (C=O) groups excluding carboxylic acids is 1. The predicted molar refractivity (Wildman–Crippen MR) is 138 cm³/mol. The molecule has 36 heavy (non-hydrogen) atoms. The average Bonchev–Trinajstić information content (AvgIpc) is 3.31. The van der Waals surface area contributed by atoms with E-state index in [0.717, 1.165) is 59.4 Å². The molecule has 1 atom stereocenters. The van der Waals surface area contributed by atoms with Gasteiger partial charge in [0.15, 0.2) is 11.2 Å². The number of carboxylic acid groups (broad SMARTS) is 1. The van der Waals surface area contributed by atoms with Gasteiger partial charge in [-0.3, -0.25) is 14.5 Å². The Labute approximate surface area is 213 Å². The Hall–Kier alpha value is -3.14. The number of aromatic nitrogens is 2. The molecule has 3 aromatic rings. The third-order valence-corrected chi connectivity index (χ3v) is 8.05. The van der Waals surface area contributed by atoms with E-state index in [1.807, 2.05) is 22.9 Å². The van der Waals surface area contributed by atoms with Crippen LogP contribution in [0.5, 0.6) is 0 Å². The van der Waals surface area contributed by atoms with Crippen molar-refractivity contribution in [2.24, 2.45) is 5.92 Å². The highest BCUT2D eigenvalue weighted by Gasteiger charge is 2.30. The highest BCUT2D eigenvalue weighted by Crippen LogP contribution is 2.41. The second-order valence-corrected chi connectivity index (χ2v) is 10.9. The van der Waals surface area contributed by atoms with Gasteiger partial charge in [-0.15, -0.1) is 11.3 Å². The SMILES string of the molecule is CC(=O)c1cc2c(cc1-c1ncc(CN3CCOCC3)s1)CC(C(C)C)n1cc(C(=O)O)c(=O)cc1-2. The van der Waals surface area contributed by atoms with E-state index in [-0.39, 0.29) is 23.3 Å². The molecular formula is C27H29N3O5S. The van der Waals surface area contributed by atoms with Gasteiger partial charge in [0.1, 0.15) is 10.6 Å². The molecule has 2 aliphatic rings. The smallest absolute Gasteiger partial charge is 0.341 e. The number of ketones is 1. The zero-order valence-electron chi connectivity index (χ0n) is 20.6. The molecule has 188 valence electrons. The first kappa shape index (κ1) is 24.5. The number of Topliss-reactive ketones (excluding diaryl/α,β-unsaturated/α-hetero) is 1. The molecule has 1 aromatic carbocycles. The fourth-order valence-electron chi connectivity index (χ4n) is 5.09. The average molecular weight is 508 g/mol. The van der Waals surface area contributed by atoms with E-state index in [9.17, 15) is 19.5 Å². The monoisotopic (exact) mass is 507 g/mol. The zero-order valence-corrected chi connectivity index (χ0v) is 21.4. The summed E-state index contributed by atoms with van der Waals surface area (Å²) in [6, 6.07) is 5.26. The highest BCUT2D eigenvalue weighted by molar-refractivity contribution is 7.15. The minimum absolute atomic E-state index is 0.0181. The molecular weight excluding hydrogens is 478 g/mol. The van der Waals surface area contributed by atoms with Gasteiger partial charge in [0, 0.05) is 65.7 Å². The number of carboxylic acids is 1. The van der Waals surface area contributed by atoms with Crippen molar-refractivity contribution in [2.45, 2.75) is 39.8 Å². The van der Waals surface area contributed by atoms with Crippen LogP contribution in [0.15, 0.2) is 35.4 Å². The Kier molecular flexibility index (Phi) is 6.63. The lowest BCUT2D eigenvalue weighted by Crippen LogP contribution is -2.35. The van der Waals surface area contributed by atoms with Gasteiger partial charge >= 0.3 is 5.97 Å². The van der Waals surface area contributed by atoms with E-state index in [1.165, 1.54) is 19.2 Å². The summed E-state index contributed by atoms with van der Waals surface area (Å²) in [6.07, 6.45) is 4.00. The normalized spacial score (nSPS) is 17.6. The van der Waals surface area contributed by atoms with Gasteiger partial charge in [0.2, 0.25) is 0 Å². The molecule has 1 saturated heterocycles. The molecule has 2 aromatic heterocycles. The number of carbonyl (C=O) groups is 2. The molecule has 1 unspecified atom stereocenters. The van der Waals surface area contributed by atoms with E-state index >= 15 is 0 Å². The van der Waals surface area contributed by atoms with Gasteiger partial charge < -0.3 is 14.4 Å². The van der Waals surface area contributed by atoms with Crippen molar-refractivity contribution in [3.8, 4) is 21.8 Å². The first-order chi connectivity index (χ1) is 17.2. The van der Waals surface area contributed by atoms with Crippen LogP contribution in [-0.4, -0.2) is 57.6 Å². The van der Waals surface area contributed by atoms with Crippen LogP contribution < -0.4 is 5.43 Å². The van der Waals surface area contributed by atoms with Crippen molar-refractivity contribution in [3.63, 3.8) is 0 Å². The summed E-state index contributed by atoms with van der Waals surface area (Å²) in [7, 11) is 0. The molecule has 0 saturated carbocycles. The summed E-state index contributed by atoms with van der Waals surface area (Å²) in [5.41, 5.74) is 3.04. The van der Waals surface area contributed by atoms with Crippen LogP contribution in [0.1, 0.15) is 58.0 Å². The fourth-order valence-corrected chi connectivity index (χ4v) is 6.07. The van der Waals surface area contributed by atoms with E-state index in [4.69, 9.17) is 4.74 Å². The number of hydrogen-bond acceptors (Lipinski definition) is 7. The number of nitrogens with zero attached hydrogens (tertiary/aromatic N) is 3. The number of ether oxygens (including phenoxy) is 1. The summed E-state index contributed by atoms with van der Waals surface area (Å²) >= 11 is 1.60. The number of benzene rings is 1. The second-order valence-electron chi connectivity index (χ2n) is 9.80. The van der Waals surface area contributed by atoms with Gasteiger partial charge in [0.25, 0.3) is 0 Å². The molecule has 8 nitrogen and oxygen atoms in total. The molecule has 0 radical (unpaired) electrons. The largest absolute Gasteiger partial charge is 0.477 e. The number of aromatic carboxylic acids is 1. The van der Waals surface area contributed by atoms with Crippen molar-refractivity contribution in [1.29, 1.82) is 0 Å². The summed E-state index contributed by atoms with van der Waals surface area (Å²) in [5.74, 6) is -1.11. The van der Waals surface area contributed by atoms with Crippen molar-refractivity contribution >= 4 is 23.1 Å².